The molecule has 0 bridgehead atoms. The van der Waals surface area contributed by atoms with Gasteiger partial charge in [-0.3, -0.25) is 9.59 Å². The number of fused-ring (bicyclic) bond motifs is 2. The fraction of sp³-hybridized carbons (Fsp3) is 0.0909. The summed E-state index contributed by atoms with van der Waals surface area (Å²) < 4.78 is 28.0. The van der Waals surface area contributed by atoms with Crippen LogP contribution >= 0.6 is 31.9 Å². The Bertz CT molecular complexity index is 1280. The fourth-order valence-corrected chi connectivity index (χ4v) is 3.93. The Morgan fingerprint density at radius 3 is 1.54 bits per heavy atom. The summed E-state index contributed by atoms with van der Waals surface area (Å²) >= 11 is 6.81. The van der Waals surface area contributed by atoms with Gasteiger partial charge in [0.25, 0.3) is 0 Å². The first-order valence-electron chi connectivity index (χ1n) is 9.93. The Morgan fingerprint density at radius 2 is 1.11 bits per heavy atom. The number of carbonyl (C=O) groups excluding carboxylic acids is 2. The van der Waals surface area contributed by atoms with Crippen LogP contribution in [0, 0.1) is 0 Å². The number of furan rings is 1. The van der Waals surface area contributed by atoms with Crippen molar-refractivity contribution in [2.75, 3.05) is 13.6 Å². The minimum atomic E-state index is -0.634. The van der Waals surface area contributed by atoms with E-state index in [-0.39, 0.29) is 25.1 Å². The number of nitrogens with zero attached hydrogens (tertiary/aromatic N) is 2. The maximum absolute atomic E-state index is 12.3. The highest BCUT2D eigenvalue weighted by atomic mass is 79.9. The summed E-state index contributed by atoms with van der Waals surface area (Å²) in [5.74, 6) is 0.932. The number of ether oxygens (including phenoxy) is 4. The molecule has 3 aromatic rings. The first kappa shape index (κ1) is 22.9. The van der Waals surface area contributed by atoms with E-state index < -0.39 is 11.8 Å². The zero-order valence-electron chi connectivity index (χ0n) is 17.5. The number of nitrogens with one attached hydrogen (secondary N) is 2. The van der Waals surface area contributed by atoms with E-state index in [4.69, 9.17) is 23.4 Å². The highest BCUT2D eigenvalue weighted by molar-refractivity contribution is 9.10. The van der Waals surface area contributed by atoms with Crippen LogP contribution in [0.25, 0.3) is 0 Å². The predicted octanol–water partition coefficient (Wildman–Crippen LogP) is 3.79. The van der Waals surface area contributed by atoms with Crippen molar-refractivity contribution in [2.45, 2.75) is 0 Å². The number of hydrazone groups is 2. The molecule has 0 saturated carbocycles. The number of rotatable bonds is 6. The Morgan fingerprint density at radius 1 is 0.714 bits per heavy atom. The molecule has 2 N–H and O–H groups in total. The summed E-state index contributed by atoms with van der Waals surface area (Å²) in [6.07, 6.45) is 2.87. The van der Waals surface area contributed by atoms with Crippen molar-refractivity contribution in [1.82, 2.24) is 10.9 Å². The average molecular weight is 606 g/mol. The largest absolute Gasteiger partial charge is 0.454 e. The first-order chi connectivity index (χ1) is 17.0. The summed E-state index contributed by atoms with van der Waals surface area (Å²) in [6.45, 7) is 0.295. The lowest BCUT2D eigenvalue weighted by Crippen LogP contribution is -2.18. The highest BCUT2D eigenvalue weighted by Gasteiger charge is 2.18. The number of hydrogen-bond donors (Lipinski definition) is 2. The third-order valence-electron chi connectivity index (χ3n) is 4.78. The fourth-order valence-electron chi connectivity index (χ4n) is 3.08. The van der Waals surface area contributed by atoms with Crippen molar-refractivity contribution >= 4 is 56.1 Å². The molecule has 0 aliphatic carbocycles. The summed E-state index contributed by atoms with van der Waals surface area (Å²) in [6, 6.07) is 9.65. The molecule has 13 heteroatoms. The van der Waals surface area contributed by atoms with E-state index in [1.54, 1.807) is 24.3 Å². The SMILES string of the molecule is O=C(N/N=C/c1cc2c(cc1Br)OCO2)c1ccc(C(=O)N/N=C/c2cc3c(cc2Br)OCO3)o1. The molecule has 0 spiro atoms. The molecular weight excluding hydrogens is 592 g/mol. The Labute approximate surface area is 214 Å². The van der Waals surface area contributed by atoms with Gasteiger partial charge in [-0.05, 0) is 68.3 Å². The second-order valence-corrected chi connectivity index (χ2v) is 8.72. The zero-order chi connectivity index (χ0) is 24.4. The molecule has 0 fully saturated rings. The van der Waals surface area contributed by atoms with Crippen LogP contribution in [0.4, 0.5) is 0 Å². The molecule has 5 rings (SSSR count). The van der Waals surface area contributed by atoms with Crippen molar-refractivity contribution in [3.8, 4) is 23.0 Å². The smallest absolute Gasteiger partial charge is 0.307 e. The van der Waals surface area contributed by atoms with Gasteiger partial charge >= 0.3 is 11.8 Å². The standard InChI is InChI=1S/C22H14Br2N4O7/c23-13-5-19-17(31-9-33-19)3-11(13)7-25-27-21(29)15-1-2-16(35-15)22(30)28-26-8-12-4-18-20(6-14(12)24)34-10-32-18/h1-8H,9-10H2,(H,27,29)(H,28,30)/b25-7+,26-8+. The summed E-state index contributed by atoms with van der Waals surface area (Å²) in [4.78, 5) is 24.6. The van der Waals surface area contributed by atoms with Crippen LogP contribution in [0.15, 0.2) is 60.0 Å². The molecule has 178 valence electrons. The monoisotopic (exact) mass is 604 g/mol. The predicted molar refractivity (Wildman–Crippen MR) is 129 cm³/mol. The van der Waals surface area contributed by atoms with Crippen molar-refractivity contribution in [3.05, 3.63) is 68.0 Å². The molecule has 3 heterocycles. The third-order valence-corrected chi connectivity index (χ3v) is 6.15. The van der Waals surface area contributed by atoms with Gasteiger partial charge in [0.05, 0.1) is 12.4 Å². The maximum atomic E-state index is 12.3. The molecule has 2 aromatic carbocycles. The molecule has 11 nitrogen and oxygen atoms in total. The minimum absolute atomic E-state index is 0.0976. The van der Waals surface area contributed by atoms with Gasteiger partial charge in [-0.15, -0.1) is 0 Å². The van der Waals surface area contributed by atoms with E-state index in [9.17, 15) is 9.59 Å². The van der Waals surface area contributed by atoms with Gasteiger partial charge < -0.3 is 23.4 Å². The van der Waals surface area contributed by atoms with Crippen LogP contribution in [0.2, 0.25) is 0 Å². The summed E-state index contributed by atoms with van der Waals surface area (Å²) in [5, 5.41) is 7.83. The number of benzene rings is 2. The average Bonchev–Trinajstić information content (AvgIpc) is 3.59. The molecular formula is C22H14Br2N4O7. The number of hydrogen-bond acceptors (Lipinski definition) is 9. The normalized spacial score (nSPS) is 13.5. The molecule has 0 atom stereocenters. The number of carbonyl (C=O) groups is 2. The molecule has 0 unspecified atom stereocenters. The van der Waals surface area contributed by atoms with Crippen molar-refractivity contribution < 1.29 is 33.0 Å². The van der Waals surface area contributed by atoms with Gasteiger partial charge in [0, 0.05) is 20.1 Å². The lowest BCUT2D eigenvalue weighted by Gasteiger charge is -2.02. The van der Waals surface area contributed by atoms with Gasteiger partial charge in [-0.25, -0.2) is 10.9 Å². The van der Waals surface area contributed by atoms with E-state index in [1.807, 2.05) is 0 Å². The van der Waals surface area contributed by atoms with Gasteiger partial charge in [0.1, 0.15) is 0 Å². The third kappa shape index (κ3) is 5.00. The molecule has 2 aliphatic rings. The topological polar surface area (TPSA) is 133 Å². The lowest BCUT2D eigenvalue weighted by atomic mass is 10.2. The quantitative estimate of drug-likeness (QED) is 0.323. The van der Waals surface area contributed by atoms with Gasteiger partial charge in [0.2, 0.25) is 13.6 Å². The molecule has 35 heavy (non-hydrogen) atoms. The van der Waals surface area contributed by atoms with E-state index in [0.29, 0.717) is 43.1 Å². The minimum Gasteiger partial charge on any atom is -0.454 e. The van der Waals surface area contributed by atoms with E-state index in [1.165, 1.54) is 24.6 Å². The van der Waals surface area contributed by atoms with E-state index in [0.717, 1.165) is 0 Å². The Kier molecular flexibility index (Phi) is 6.42. The number of amides is 2. The number of halogens is 2. The highest BCUT2D eigenvalue weighted by Crippen LogP contribution is 2.37. The second kappa shape index (κ2) is 9.80. The van der Waals surface area contributed by atoms with Crippen LogP contribution in [-0.4, -0.2) is 37.8 Å². The molecule has 0 radical (unpaired) electrons. The Balaban J connectivity index is 1.17. The molecule has 2 aliphatic heterocycles. The van der Waals surface area contributed by atoms with E-state index >= 15 is 0 Å². The summed E-state index contributed by atoms with van der Waals surface area (Å²) in [5.41, 5.74) is 6.02. The van der Waals surface area contributed by atoms with Gasteiger partial charge in [-0.1, -0.05) is 0 Å². The van der Waals surface area contributed by atoms with Crippen molar-refractivity contribution in [3.63, 3.8) is 0 Å². The van der Waals surface area contributed by atoms with Crippen molar-refractivity contribution in [2.24, 2.45) is 10.2 Å². The van der Waals surface area contributed by atoms with Crippen LogP contribution in [0.1, 0.15) is 32.2 Å². The van der Waals surface area contributed by atoms with E-state index in [2.05, 4.69) is 52.9 Å². The lowest BCUT2D eigenvalue weighted by molar-refractivity contribution is 0.0902. The first-order valence-corrected chi connectivity index (χ1v) is 11.5. The van der Waals surface area contributed by atoms with Gasteiger partial charge in [-0.2, -0.15) is 10.2 Å². The second-order valence-electron chi connectivity index (χ2n) is 7.02. The van der Waals surface area contributed by atoms with Crippen LogP contribution in [0.5, 0.6) is 23.0 Å². The van der Waals surface area contributed by atoms with Gasteiger partial charge in [0.15, 0.2) is 34.5 Å². The zero-order valence-corrected chi connectivity index (χ0v) is 20.7. The van der Waals surface area contributed by atoms with Crippen LogP contribution in [-0.2, 0) is 0 Å². The van der Waals surface area contributed by atoms with Crippen LogP contribution < -0.4 is 29.8 Å². The summed E-state index contributed by atoms with van der Waals surface area (Å²) in [7, 11) is 0. The van der Waals surface area contributed by atoms with Crippen molar-refractivity contribution in [1.29, 1.82) is 0 Å². The van der Waals surface area contributed by atoms with Crippen LogP contribution in [0.3, 0.4) is 0 Å². The molecule has 2 amide bonds. The molecule has 0 saturated heterocycles. The maximum Gasteiger partial charge on any atom is 0.307 e. The molecule has 1 aromatic heterocycles. The Hall–Kier alpha value is -3.84.